The van der Waals surface area contributed by atoms with E-state index in [1.165, 1.54) is 33.1 Å². The van der Waals surface area contributed by atoms with Crippen LogP contribution in [0.1, 0.15) is 28.3 Å². The van der Waals surface area contributed by atoms with E-state index in [1.54, 1.807) is 12.4 Å². The first-order valence-corrected chi connectivity index (χ1v) is 7.77. The maximum atomic E-state index is 12.5. The van der Waals surface area contributed by atoms with Crippen molar-refractivity contribution >= 4 is 6.03 Å². The Kier molecular flexibility index (Phi) is 3.42. The van der Waals surface area contributed by atoms with Crippen LogP contribution in [0.15, 0.2) is 67.3 Å². The van der Waals surface area contributed by atoms with Gasteiger partial charge in [-0.3, -0.25) is 4.57 Å². The van der Waals surface area contributed by atoms with Gasteiger partial charge in [0.25, 0.3) is 0 Å². The van der Waals surface area contributed by atoms with E-state index in [4.69, 9.17) is 0 Å². The van der Waals surface area contributed by atoms with Crippen molar-refractivity contribution < 1.29 is 4.79 Å². The van der Waals surface area contributed by atoms with Crippen LogP contribution < -0.4 is 5.32 Å². The highest BCUT2D eigenvalue weighted by Gasteiger charge is 2.24. The van der Waals surface area contributed by atoms with Gasteiger partial charge < -0.3 is 5.32 Å². The topological polar surface area (TPSA) is 46.9 Å². The summed E-state index contributed by atoms with van der Waals surface area (Å²) in [6, 6.07) is 16.4. The first-order chi connectivity index (χ1) is 11.3. The molecule has 1 aromatic heterocycles. The van der Waals surface area contributed by atoms with Crippen LogP contribution in [-0.4, -0.2) is 15.6 Å². The molecule has 114 valence electrons. The maximum Gasteiger partial charge on any atom is 0.327 e. The van der Waals surface area contributed by atoms with Gasteiger partial charge in [-0.05, 0) is 35.1 Å². The molecule has 0 aliphatic heterocycles. The first-order valence-electron chi connectivity index (χ1n) is 7.77. The summed E-state index contributed by atoms with van der Waals surface area (Å²) in [5.74, 6) is 0. The molecule has 0 bridgehead atoms. The van der Waals surface area contributed by atoms with Gasteiger partial charge in [-0.1, -0.05) is 48.5 Å². The van der Waals surface area contributed by atoms with Crippen LogP contribution in [0, 0.1) is 0 Å². The Bertz CT molecular complexity index is 792. The summed E-state index contributed by atoms with van der Waals surface area (Å²) in [4.78, 5) is 16.5. The van der Waals surface area contributed by atoms with Gasteiger partial charge in [0.1, 0.15) is 6.33 Å². The van der Waals surface area contributed by atoms with Gasteiger partial charge in [-0.15, -0.1) is 0 Å². The number of nitrogens with zero attached hydrogens (tertiary/aromatic N) is 2. The summed E-state index contributed by atoms with van der Waals surface area (Å²) in [5, 5.41) is 3.16. The summed E-state index contributed by atoms with van der Waals surface area (Å²) >= 11 is 0. The molecular formula is C19H17N3O. The van der Waals surface area contributed by atoms with Gasteiger partial charge in [-0.25, -0.2) is 9.78 Å². The van der Waals surface area contributed by atoms with Crippen molar-refractivity contribution in [2.45, 2.75) is 18.9 Å². The Morgan fingerprint density at radius 2 is 1.61 bits per heavy atom. The highest BCUT2D eigenvalue weighted by Crippen LogP contribution is 2.32. The third-order valence-corrected chi connectivity index (χ3v) is 4.40. The SMILES string of the molecule is O=C(NC1c2ccccc2CCc2ccccc21)n1ccnc1. The van der Waals surface area contributed by atoms with Crippen LogP contribution >= 0.6 is 0 Å². The number of rotatable bonds is 1. The predicted octanol–water partition coefficient (Wildman–Crippen LogP) is 3.33. The number of carbonyl (C=O) groups excluding carboxylic acids is 1. The van der Waals surface area contributed by atoms with Crippen LogP contribution in [-0.2, 0) is 12.8 Å². The van der Waals surface area contributed by atoms with E-state index in [2.05, 4.69) is 46.7 Å². The number of amides is 1. The minimum atomic E-state index is -0.168. The van der Waals surface area contributed by atoms with Gasteiger partial charge >= 0.3 is 6.03 Å². The van der Waals surface area contributed by atoms with E-state index < -0.39 is 0 Å². The van der Waals surface area contributed by atoms with E-state index in [9.17, 15) is 4.79 Å². The van der Waals surface area contributed by atoms with Crippen LogP contribution in [0.4, 0.5) is 4.79 Å². The molecule has 0 atom stereocenters. The van der Waals surface area contributed by atoms with Crippen LogP contribution in [0.3, 0.4) is 0 Å². The number of nitrogens with one attached hydrogen (secondary N) is 1. The highest BCUT2D eigenvalue weighted by atomic mass is 16.2. The molecule has 2 aromatic carbocycles. The minimum absolute atomic E-state index is 0.139. The molecule has 0 saturated carbocycles. The summed E-state index contributed by atoms with van der Waals surface area (Å²) in [5.41, 5.74) is 4.93. The molecule has 0 saturated heterocycles. The molecule has 1 N–H and O–H groups in total. The monoisotopic (exact) mass is 303 g/mol. The van der Waals surface area contributed by atoms with Crippen molar-refractivity contribution in [3.05, 3.63) is 89.5 Å². The van der Waals surface area contributed by atoms with Crippen molar-refractivity contribution in [1.29, 1.82) is 0 Å². The van der Waals surface area contributed by atoms with Crippen molar-refractivity contribution in [2.75, 3.05) is 0 Å². The number of imidazole rings is 1. The zero-order valence-corrected chi connectivity index (χ0v) is 12.6. The van der Waals surface area contributed by atoms with Crippen molar-refractivity contribution in [3.63, 3.8) is 0 Å². The smallest absolute Gasteiger partial charge is 0.326 e. The normalized spacial score (nSPS) is 13.7. The van der Waals surface area contributed by atoms with Gasteiger partial charge in [0.2, 0.25) is 0 Å². The fraction of sp³-hybridized carbons (Fsp3) is 0.158. The molecule has 0 spiro atoms. The summed E-state index contributed by atoms with van der Waals surface area (Å²) in [6.45, 7) is 0. The standard InChI is InChI=1S/C19H17N3O/c23-19(22-12-11-20-13-22)21-18-16-7-3-1-5-14(16)9-10-15-6-2-4-8-17(15)18/h1-8,11-13,18H,9-10H2,(H,21,23). The van der Waals surface area contributed by atoms with Gasteiger partial charge in [0.05, 0.1) is 6.04 Å². The minimum Gasteiger partial charge on any atom is -0.326 e. The summed E-state index contributed by atoms with van der Waals surface area (Å²) < 4.78 is 1.47. The lowest BCUT2D eigenvalue weighted by Crippen LogP contribution is -2.32. The molecule has 4 nitrogen and oxygen atoms in total. The molecule has 1 amide bonds. The molecule has 1 heterocycles. The molecule has 0 radical (unpaired) electrons. The number of aryl methyl sites for hydroxylation is 2. The fourth-order valence-corrected chi connectivity index (χ4v) is 3.26. The molecule has 0 unspecified atom stereocenters. The average molecular weight is 303 g/mol. The zero-order valence-electron chi connectivity index (χ0n) is 12.6. The molecule has 0 fully saturated rings. The van der Waals surface area contributed by atoms with E-state index in [-0.39, 0.29) is 12.1 Å². The zero-order chi connectivity index (χ0) is 15.6. The second-order valence-electron chi connectivity index (χ2n) is 5.75. The summed E-state index contributed by atoms with van der Waals surface area (Å²) in [6.07, 6.45) is 6.76. The second-order valence-corrected chi connectivity index (χ2v) is 5.75. The van der Waals surface area contributed by atoms with Crippen molar-refractivity contribution in [3.8, 4) is 0 Å². The molecule has 1 aliphatic rings. The van der Waals surface area contributed by atoms with Crippen LogP contribution in [0.25, 0.3) is 0 Å². The lowest BCUT2D eigenvalue weighted by atomic mass is 9.95. The van der Waals surface area contributed by atoms with Gasteiger partial charge in [0, 0.05) is 12.4 Å². The molecule has 1 aliphatic carbocycles. The first kappa shape index (κ1) is 13.8. The highest BCUT2D eigenvalue weighted by molar-refractivity contribution is 5.77. The van der Waals surface area contributed by atoms with Crippen molar-refractivity contribution in [1.82, 2.24) is 14.9 Å². The third-order valence-electron chi connectivity index (χ3n) is 4.40. The number of hydrogen-bond donors (Lipinski definition) is 1. The number of fused-ring (bicyclic) bond motifs is 2. The third kappa shape index (κ3) is 2.52. The predicted molar refractivity (Wildman–Crippen MR) is 88.3 cm³/mol. The lowest BCUT2D eigenvalue weighted by molar-refractivity contribution is 0.240. The van der Waals surface area contributed by atoms with E-state index in [0.29, 0.717) is 0 Å². The Hall–Kier alpha value is -2.88. The number of aromatic nitrogens is 2. The van der Waals surface area contributed by atoms with Gasteiger partial charge in [0.15, 0.2) is 0 Å². The molecule has 4 heteroatoms. The Morgan fingerprint density at radius 3 is 2.17 bits per heavy atom. The Balaban J connectivity index is 1.79. The van der Waals surface area contributed by atoms with E-state index in [1.807, 2.05) is 12.1 Å². The number of benzene rings is 2. The van der Waals surface area contributed by atoms with E-state index >= 15 is 0 Å². The van der Waals surface area contributed by atoms with E-state index in [0.717, 1.165) is 12.8 Å². The summed E-state index contributed by atoms with van der Waals surface area (Å²) in [7, 11) is 0. The second kappa shape index (κ2) is 5.72. The Labute approximate surface area is 134 Å². The largest absolute Gasteiger partial charge is 0.327 e. The quantitative estimate of drug-likeness (QED) is 0.749. The lowest BCUT2D eigenvalue weighted by Gasteiger charge is -2.21. The van der Waals surface area contributed by atoms with Crippen LogP contribution in [0.5, 0.6) is 0 Å². The number of carbonyl (C=O) groups is 1. The Morgan fingerprint density at radius 1 is 1.00 bits per heavy atom. The molecule has 23 heavy (non-hydrogen) atoms. The van der Waals surface area contributed by atoms with Crippen LogP contribution in [0.2, 0.25) is 0 Å². The maximum absolute atomic E-state index is 12.5. The molecule has 4 rings (SSSR count). The van der Waals surface area contributed by atoms with Gasteiger partial charge in [-0.2, -0.15) is 0 Å². The van der Waals surface area contributed by atoms with Crippen molar-refractivity contribution in [2.24, 2.45) is 0 Å². The molecule has 3 aromatic rings. The number of hydrogen-bond acceptors (Lipinski definition) is 2. The molecular weight excluding hydrogens is 286 g/mol. The average Bonchev–Trinajstić information content (AvgIpc) is 3.08. The fourth-order valence-electron chi connectivity index (χ4n) is 3.26.